The van der Waals surface area contributed by atoms with Gasteiger partial charge < -0.3 is 5.32 Å². The summed E-state index contributed by atoms with van der Waals surface area (Å²) in [7, 11) is 0. The van der Waals surface area contributed by atoms with E-state index in [4.69, 9.17) is 0 Å². The van der Waals surface area contributed by atoms with Crippen LogP contribution in [-0.4, -0.2) is 37.4 Å². The summed E-state index contributed by atoms with van der Waals surface area (Å²) >= 11 is 1.17. The number of para-hydroxylation sites is 1. The first kappa shape index (κ1) is 18.6. The molecule has 1 aromatic heterocycles. The molecule has 0 saturated heterocycles. The summed E-state index contributed by atoms with van der Waals surface area (Å²) in [5.41, 5.74) is 2.48. The SMILES string of the molecule is Cc1cccc(-n2nnnc2SC(C)C(=O)NC(=O)Nc2ccccc2)c1. The molecular weight excluding hydrogens is 364 g/mol. The Labute approximate surface area is 160 Å². The van der Waals surface area contributed by atoms with E-state index in [2.05, 4.69) is 26.2 Å². The Bertz CT molecular complexity index is 944. The van der Waals surface area contributed by atoms with E-state index in [0.29, 0.717) is 10.8 Å². The predicted molar refractivity (Wildman–Crippen MR) is 103 cm³/mol. The fourth-order valence-electron chi connectivity index (χ4n) is 2.28. The van der Waals surface area contributed by atoms with Crippen LogP contribution in [0.15, 0.2) is 59.8 Å². The van der Waals surface area contributed by atoms with Crippen LogP contribution in [-0.2, 0) is 4.79 Å². The Morgan fingerprint density at radius 2 is 1.89 bits per heavy atom. The number of carbonyl (C=O) groups is 2. The zero-order chi connectivity index (χ0) is 19.2. The number of carbonyl (C=O) groups excluding carboxylic acids is 2. The molecule has 8 nitrogen and oxygen atoms in total. The minimum Gasteiger partial charge on any atom is -0.308 e. The van der Waals surface area contributed by atoms with E-state index >= 15 is 0 Å². The summed E-state index contributed by atoms with van der Waals surface area (Å²) in [4.78, 5) is 24.3. The molecule has 3 amide bonds. The Morgan fingerprint density at radius 1 is 1.11 bits per heavy atom. The molecule has 0 fully saturated rings. The lowest BCUT2D eigenvalue weighted by Crippen LogP contribution is -2.38. The lowest BCUT2D eigenvalue weighted by Gasteiger charge is -2.12. The molecule has 0 aliphatic carbocycles. The Balaban J connectivity index is 1.62. The van der Waals surface area contributed by atoms with Crippen LogP contribution in [0.25, 0.3) is 5.69 Å². The molecule has 0 aliphatic heterocycles. The highest BCUT2D eigenvalue weighted by atomic mass is 32.2. The average molecular weight is 382 g/mol. The first-order valence-corrected chi connectivity index (χ1v) is 9.10. The van der Waals surface area contributed by atoms with Crippen molar-refractivity contribution in [2.24, 2.45) is 0 Å². The van der Waals surface area contributed by atoms with Crippen LogP contribution in [0.5, 0.6) is 0 Å². The van der Waals surface area contributed by atoms with Crippen molar-refractivity contribution >= 4 is 29.4 Å². The monoisotopic (exact) mass is 382 g/mol. The molecule has 1 atom stereocenters. The molecule has 0 bridgehead atoms. The van der Waals surface area contributed by atoms with Crippen LogP contribution in [0.4, 0.5) is 10.5 Å². The number of thioether (sulfide) groups is 1. The number of tetrazole rings is 1. The van der Waals surface area contributed by atoms with E-state index in [-0.39, 0.29) is 0 Å². The molecule has 27 heavy (non-hydrogen) atoms. The van der Waals surface area contributed by atoms with Crippen molar-refractivity contribution in [3.63, 3.8) is 0 Å². The number of anilines is 1. The standard InChI is InChI=1S/C18H18N6O2S/c1-12-7-6-10-15(11-12)24-18(21-22-23-24)27-13(2)16(25)20-17(26)19-14-8-4-3-5-9-14/h3-11,13H,1-2H3,(H2,19,20,25,26). The maximum absolute atomic E-state index is 12.3. The van der Waals surface area contributed by atoms with Gasteiger partial charge >= 0.3 is 6.03 Å². The van der Waals surface area contributed by atoms with E-state index in [1.807, 2.05) is 37.3 Å². The molecule has 3 aromatic rings. The molecule has 0 aliphatic rings. The third-order valence-electron chi connectivity index (χ3n) is 3.61. The topological polar surface area (TPSA) is 102 Å². The van der Waals surface area contributed by atoms with Gasteiger partial charge in [0.2, 0.25) is 11.1 Å². The van der Waals surface area contributed by atoms with E-state index in [0.717, 1.165) is 11.3 Å². The van der Waals surface area contributed by atoms with Gasteiger partial charge in [0.15, 0.2) is 0 Å². The van der Waals surface area contributed by atoms with Crippen LogP contribution < -0.4 is 10.6 Å². The number of rotatable bonds is 5. The van der Waals surface area contributed by atoms with Crippen molar-refractivity contribution in [3.05, 3.63) is 60.2 Å². The summed E-state index contributed by atoms with van der Waals surface area (Å²) in [6.07, 6.45) is 0. The summed E-state index contributed by atoms with van der Waals surface area (Å²) < 4.78 is 1.56. The van der Waals surface area contributed by atoms with Crippen molar-refractivity contribution in [3.8, 4) is 5.69 Å². The number of hydrogen-bond acceptors (Lipinski definition) is 6. The third kappa shape index (κ3) is 4.91. The fraction of sp³-hybridized carbons (Fsp3) is 0.167. The van der Waals surface area contributed by atoms with Crippen LogP contribution in [0.2, 0.25) is 0 Å². The van der Waals surface area contributed by atoms with Crippen molar-refractivity contribution in [1.29, 1.82) is 0 Å². The van der Waals surface area contributed by atoms with Crippen LogP contribution in [0.3, 0.4) is 0 Å². The predicted octanol–water partition coefficient (Wildman–Crippen LogP) is 2.80. The lowest BCUT2D eigenvalue weighted by molar-refractivity contribution is -0.119. The van der Waals surface area contributed by atoms with Gasteiger partial charge in [-0.3, -0.25) is 10.1 Å². The van der Waals surface area contributed by atoms with E-state index in [1.165, 1.54) is 11.8 Å². The largest absolute Gasteiger partial charge is 0.325 e. The average Bonchev–Trinajstić information content (AvgIpc) is 3.10. The van der Waals surface area contributed by atoms with Gasteiger partial charge in [-0.05, 0) is 54.1 Å². The zero-order valence-corrected chi connectivity index (χ0v) is 15.6. The quantitative estimate of drug-likeness (QED) is 0.658. The molecule has 3 rings (SSSR count). The Kier molecular flexibility index (Phi) is 5.82. The van der Waals surface area contributed by atoms with Gasteiger partial charge in [0.25, 0.3) is 0 Å². The number of aromatic nitrogens is 4. The molecule has 138 valence electrons. The van der Waals surface area contributed by atoms with E-state index < -0.39 is 17.2 Å². The van der Waals surface area contributed by atoms with Crippen molar-refractivity contribution in [2.45, 2.75) is 24.3 Å². The number of imide groups is 1. The molecule has 1 heterocycles. The fourth-order valence-corrected chi connectivity index (χ4v) is 3.09. The second-order valence-electron chi connectivity index (χ2n) is 5.78. The second-order valence-corrected chi connectivity index (χ2v) is 7.09. The molecule has 1 unspecified atom stereocenters. The number of aryl methyl sites for hydroxylation is 1. The summed E-state index contributed by atoms with van der Waals surface area (Å²) in [6, 6.07) is 16.0. The zero-order valence-electron chi connectivity index (χ0n) is 14.8. The van der Waals surface area contributed by atoms with Gasteiger partial charge in [-0.2, -0.15) is 4.68 Å². The molecule has 9 heteroatoms. The number of benzene rings is 2. The minimum atomic E-state index is -0.586. The third-order valence-corrected chi connectivity index (χ3v) is 4.64. The highest BCUT2D eigenvalue weighted by Gasteiger charge is 2.21. The summed E-state index contributed by atoms with van der Waals surface area (Å²) in [5, 5.41) is 16.5. The number of amides is 3. The van der Waals surface area contributed by atoms with Crippen LogP contribution in [0.1, 0.15) is 12.5 Å². The van der Waals surface area contributed by atoms with Crippen LogP contribution >= 0.6 is 11.8 Å². The van der Waals surface area contributed by atoms with Crippen molar-refractivity contribution < 1.29 is 9.59 Å². The van der Waals surface area contributed by atoms with Gasteiger partial charge in [0, 0.05) is 5.69 Å². The lowest BCUT2D eigenvalue weighted by atomic mass is 10.2. The van der Waals surface area contributed by atoms with Crippen LogP contribution in [0, 0.1) is 6.92 Å². The first-order chi connectivity index (χ1) is 13.0. The van der Waals surface area contributed by atoms with Gasteiger partial charge in [-0.25, -0.2) is 4.79 Å². The number of nitrogens with zero attached hydrogens (tertiary/aromatic N) is 4. The van der Waals surface area contributed by atoms with Crippen molar-refractivity contribution in [1.82, 2.24) is 25.5 Å². The molecule has 0 radical (unpaired) electrons. The number of hydrogen-bond donors (Lipinski definition) is 2. The van der Waals surface area contributed by atoms with E-state index in [1.54, 1.807) is 35.9 Å². The minimum absolute atomic E-state index is 0.438. The Hall–Kier alpha value is -3.20. The van der Waals surface area contributed by atoms with Gasteiger partial charge in [0.1, 0.15) is 0 Å². The van der Waals surface area contributed by atoms with Gasteiger partial charge in [-0.1, -0.05) is 42.1 Å². The normalized spacial score (nSPS) is 11.6. The van der Waals surface area contributed by atoms with Crippen molar-refractivity contribution in [2.75, 3.05) is 5.32 Å². The maximum atomic E-state index is 12.3. The number of urea groups is 1. The summed E-state index contributed by atoms with van der Waals surface area (Å²) in [6.45, 7) is 3.66. The molecular formula is C18H18N6O2S. The highest BCUT2D eigenvalue weighted by Crippen LogP contribution is 2.23. The first-order valence-electron chi connectivity index (χ1n) is 8.22. The highest BCUT2D eigenvalue weighted by molar-refractivity contribution is 8.00. The van der Waals surface area contributed by atoms with Gasteiger partial charge in [-0.15, -0.1) is 5.10 Å². The number of nitrogens with one attached hydrogen (secondary N) is 2. The molecule has 0 saturated carbocycles. The molecule has 0 spiro atoms. The second kappa shape index (κ2) is 8.45. The van der Waals surface area contributed by atoms with Gasteiger partial charge in [0.05, 0.1) is 10.9 Å². The smallest absolute Gasteiger partial charge is 0.308 e. The maximum Gasteiger partial charge on any atom is 0.325 e. The Morgan fingerprint density at radius 3 is 2.63 bits per heavy atom. The molecule has 2 aromatic carbocycles. The molecule has 2 N–H and O–H groups in total. The summed E-state index contributed by atoms with van der Waals surface area (Å²) in [5.74, 6) is -0.438. The van der Waals surface area contributed by atoms with E-state index in [9.17, 15) is 9.59 Å².